The second-order valence-electron chi connectivity index (χ2n) is 5.16. The summed E-state index contributed by atoms with van der Waals surface area (Å²) in [5.41, 5.74) is 0.894. The number of carbonyl (C=O) groups is 2. The lowest BCUT2D eigenvalue weighted by Crippen LogP contribution is -2.26. The minimum absolute atomic E-state index is 0.164. The summed E-state index contributed by atoms with van der Waals surface area (Å²) in [4.78, 5) is 25.5. The van der Waals surface area contributed by atoms with E-state index in [9.17, 15) is 9.59 Å². The first-order chi connectivity index (χ1) is 10.3. The Kier molecular flexibility index (Phi) is 4.40. The summed E-state index contributed by atoms with van der Waals surface area (Å²) < 4.78 is 15.6. The summed E-state index contributed by atoms with van der Waals surface area (Å²) >= 11 is 0. The molecular weight excluding hydrogens is 286 g/mol. The average molecular weight is 305 g/mol. The van der Waals surface area contributed by atoms with Crippen molar-refractivity contribution in [2.45, 2.75) is 27.3 Å². The van der Waals surface area contributed by atoms with Gasteiger partial charge < -0.3 is 18.5 Å². The largest absolute Gasteiger partial charge is 0.466 e. The molecule has 0 bridgehead atoms. The maximum absolute atomic E-state index is 12.4. The van der Waals surface area contributed by atoms with E-state index in [4.69, 9.17) is 8.83 Å². The summed E-state index contributed by atoms with van der Waals surface area (Å²) in [6, 6.07) is 3.31. The van der Waals surface area contributed by atoms with E-state index in [0.29, 0.717) is 34.2 Å². The molecule has 0 aliphatic rings. The Balaban J connectivity index is 2.15. The minimum atomic E-state index is -0.456. The van der Waals surface area contributed by atoms with Crippen molar-refractivity contribution in [1.29, 1.82) is 0 Å². The first-order valence-corrected chi connectivity index (χ1v) is 6.83. The van der Waals surface area contributed by atoms with Crippen molar-refractivity contribution in [2.75, 3.05) is 14.2 Å². The molecule has 0 radical (unpaired) electrons. The molecule has 0 N–H and O–H groups in total. The van der Waals surface area contributed by atoms with E-state index in [-0.39, 0.29) is 12.5 Å². The molecule has 0 aliphatic heterocycles. The minimum Gasteiger partial charge on any atom is -0.466 e. The smallest absolute Gasteiger partial charge is 0.341 e. The van der Waals surface area contributed by atoms with Crippen molar-refractivity contribution in [3.63, 3.8) is 0 Å². The van der Waals surface area contributed by atoms with Crippen molar-refractivity contribution < 1.29 is 23.2 Å². The van der Waals surface area contributed by atoms with Crippen molar-refractivity contribution in [3.8, 4) is 0 Å². The maximum atomic E-state index is 12.4. The van der Waals surface area contributed by atoms with Crippen LogP contribution in [0.2, 0.25) is 0 Å². The van der Waals surface area contributed by atoms with Gasteiger partial charge in [0.15, 0.2) is 0 Å². The zero-order valence-electron chi connectivity index (χ0n) is 13.4. The normalized spacial score (nSPS) is 10.6. The number of hydrogen-bond acceptors (Lipinski definition) is 5. The van der Waals surface area contributed by atoms with E-state index in [2.05, 4.69) is 4.74 Å². The molecule has 0 saturated carbocycles. The Morgan fingerprint density at radius 2 is 1.73 bits per heavy atom. The highest BCUT2D eigenvalue weighted by Crippen LogP contribution is 2.19. The van der Waals surface area contributed by atoms with Gasteiger partial charge >= 0.3 is 5.97 Å². The first kappa shape index (κ1) is 15.9. The Bertz CT molecular complexity index is 710. The van der Waals surface area contributed by atoms with E-state index >= 15 is 0 Å². The molecule has 0 saturated heterocycles. The van der Waals surface area contributed by atoms with Crippen LogP contribution in [0.1, 0.15) is 43.8 Å². The van der Waals surface area contributed by atoms with E-state index < -0.39 is 5.97 Å². The number of methoxy groups -OCH3 is 1. The molecule has 6 heteroatoms. The zero-order chi connectivity index (χ0) is 16.4. The van der Waals surface area contributed by atoms with Gasteiger partial charge in [-0.25, -0.2) is 4.79 Å². The molecule has 22 heavy (non-hydrogen) atoms. The number of hydrogen-bond donors (Lipinski definition) is 0. The number of aryl methyl sites for hydroxylation is 3. The number of esters is 1. The molecule has 2 rings (SSSR count). The quantitative estimate of drug-likeness (QED) is 0.812. The monoisotopic (exact) mass is 305 g/mol. The molecule has 2 aromatic rings. The number of nitrogens with zero attached hydrogens (tertiary/aromatic N) is 1. The van der Waals surface area contributed by atoms with Crippen LogP contribution in [0.25, 0.3) is 0 Å². The number of furan rings is 2. The Morgan fingerprint density at radius 3 is 2.27 bits per heavy atom. The number of amides is 1. The van der Waals surface area contributed by atoms with Gasteiger partial charge in [-0.1, -0.05) is 0 Å². The summed E-state index contributed by atoms with van der Waals surface area (Å²) in [6.07, 6.45) is 0. The van der Waals surface area contributed by atoms with Crippen LogP contribution < -0.4 is 0 Å². The molecule has 1 amide bonds. The van der Waals surface area contributed by atoms with Crippen molar-refractivity contribution in [2.24, 2.45) is 0 Å². The summed E-state index contributed by atoms with van der Waals surface area (Å²) in [7, 11) is 2.98. The zero-order valence-corrected chi connectivity index (χ0v) is 13.4. The van der Waals surface area contributed by atoms with Crippen molar-refractivity contribution in [1.82, 2.24) is 4.90 Å². The van der Waals surface area contributed by atoms with Gasteiger partial charge in [-0.3, -0.25) is 4.79 Å². The lowest BCUT2D eigenvalue weighted by atomic mass is 10.2. The molecule has 0 spiro atoms. The van der Waals surface area contributed by atoms with Crippen LogP contribution in [0.5, 0.6) is 0 Å². The highest BCUT2D eigenvalue weighted by atomic mass is 16.5. The van der Waals surface area contributed by atoms with Crippen molar-refractivity contribution >= 4 is 11.9 Å². The first-order valence-electron chi connectivity index (χ1n) is 6.83. The predicted octanol–water partition coefficient (Wildman–Crippen LogP) is 2.86. The van der Waals surface area contributed by atoms with Gasteiger partial charge in [-0.15, -0.1) is 0 Å². The maximum Gasteiger partial charge on any atom is 0.341 e. The fourth-order valence-electron chi connectivity index (χ4n) is 2.29. The van der Waals surface area contributed by atoms with Crippen LogP contribution in [-0.2, 0) is 11.3 Å². The molecule has 118 valence electrons. The third-order valence-corrected chi connectivity index (χ3v) is 3.39. The van der Waals surface area contributed by atoms with Gasteiger partial charge in [0, 0.05) is 7.05 Å². The molecule has 0 aromatic carbocycles. The molecule has 0 atom stereocenters. The highest BCUT2D eigenvalue weighted by molar-refractivity contribution is 5.95. The average Bonchev–Trinajstić information content (AvgIpc) is 2.99. The Hall–Kier alpha value is -2.50. The van der Waals surface area contributed by atoms with Crippen LogP contribution in [-0.4, -0.2) is 30.9 Å². The van der Waals surface area contributed by atoms with Crippen LogP contribution in [0, 0.1) is 20.8 Å². The lowest BCUT2D eigenvalue weighted by molar-refractivity contribution is 0.0598. The van der Waals surface area contributed by atoms with Gasteiger partial charge in [0.25, 0.3) is 5.91 Å². The van der Waals surface area contributed by atoms with E-state index in [1.165, 1.54) is 12.0 Å². The third kappa shape index (κ3) is 3.05. The second-order valence-corrected chi connectivity index (χ2v) is 5.16. The van der Waals surface area contributed by atoms with Crippen LogP contribution in [0.15, 0.2) is 21.0 Å². The van der Waals surface area contributed by atoms with Gasteiger partial charge in [-0.05, 0) is 32.9 Å². The van der Waals surface area contributed by atoms with Gasteiger partial charge in [0.2, 0.25) is 0 Å². The SMILES string of the molecule is COC(=O)c1cc(CN(C)C(=O)c2cc(C)oc2C)oc1C. The summed E-state index contributed by atoms with van der Waals surface area (Å²) in [5, 5.41) is 0. The standard InChI is InChI=1S/C16H19NO5/c1-9-6-13(10(2)21-9)15(18)17(4)8-12-7-14(11(3)22-12)16(19)20-5/h6-7H,8H2,1-5H3. The van der Waals surface area contributed by atoms with E-state index in [1.807, 2.05) is 0 Å². The molecule has 0 fully saturated rings. The Morgan fingerprint density at radius 1 is 1.09 bits per heavy atom. The van der Waals surface area contributed by atoms with Gasteiger partial charge in [0.1, 0.15) is 28.6 Å². The van der Waals surface area contributed by atoms with Crippen LogP contribution >= 0.6 is 0 Å². The van der Waals surface area contributed by atoms with Crippen LogP contribution in [0.4, 0.5) is 0 Å². The van der Waals surface area contributed by atoms with E-state index in [0.717, 1.165) is 0 Å². The van der Waals surface area contributed by atoms with Gasteiger partial charge in [0.05, 0.1) is 19.2 Å². The summed E-state index contributed by atoms with van der Waals surface area (Å²) in [5.74, 6) is 1.65. The lowest BCUT2D eigenvalue weighted by Gasteiger charge is -2.15. The number of ether oxygens (including phenoxy) is 1. The topological polar surface area (TPSA) is 72.9 Å². The van der Waals surface area contributed by atoms with E-state index in [1.54, 1.807) is 40.0 Å². The fraction of sp³-hybridized carbons (Fsp3) is 0.375. The van der Waals surface area contributed by atoms with Gasteiger partial charge in [-0.2, -0.15) is 0 Å². The molecule has 0 aliphatic carbocycles. The molecule has 0 unspecified atom stereocenters. The molecule has 6 nitrogen and oxygen atoms in total. The third-order valence-electron chi connectivity index (χ3n) is 3.39. The predicted molar refractivity (Wildman–Crippen MR) is 78.8 cm³/mol. The molecular formula is C16H19NO5. The fourth-order valence-corrected chi connectivity index (χ4v) is 2.29. The highest BCUT2D eigenvalue weighted by Gasteiger charge is 2.21. The second kappa shape index (κ2) is 6.09. The molecule has 2 aromatic heterocycles. The Labute approximate surface area is 128 Å². The van der Waals surface area contributed by atoms with Crippen molar-refractivity contribution in [3.05, 3.63) is 46.3 Å². The number of rotatable bonds is 4. The van der Waals surface area contributed by atoms with Crippen LogP contribution in [0.3, 0.4) is 0 Å². The summed E-state index contributed by atoms with van der Waals surface area (Å²) in [6.45, 7) is 5.48. The number of carbonyl (C=O) groups excluding carboxylic acids is 2. The molecule has 2 heterocycles.